The standard InChI is InChI=1S/C13H11N3O6/c1-2-22-13(17)14-10-7-6-8-9(12(10)16(20)21)4-3-5-11(8)15(18)19/h3-7H,2H2,1H3,(H,14,17). The summed E-state index contributed by atoms with van der Waals surface area (Å²) in [5, 5.41) is 24.7. The molecule has 0 radical (unpaired) electrons. The number of nitro groups is 2. The highest BCUT2D eigenvalue weighted by atomic mass is 16.6. The topological polar surface area (TPSA) is 125 Å². The molecule has 1 N–H and O–H groups in total. The zero-order chi connectivity index (χ0) is 16.3. The van der Waals surface area contributed by atoms with E-state index in [-0.39, 0.29) is 28.8 Å². The van der Waals surface area contributed by atoms with Gasteiger partial charge in [0.2, 0.25) is 0 Å². The molecule has 1 amide bonds. The summed E-state index contributed by atoms with van der Waals surface area (Å²) in [5.74, 6) is 0. The van der Waals surface area contributed by atoms with E-state index >= 15 is 0 Å². The Kier molecular flexibility index (Phi) is 4.16. The van der Waals surface area contributed by atoms with Crippen LogP contribution in [0.1, 0.15) is 6.92 Å². The third kappa shape index (κ3) is 2.77. The molecule has 0 atom stereocenters. The van der Waals surface area contributed by atoms with Crippen molar-refractivity contribution in [3.63, 3.8) is 0 Å². The van der Waals surface area contributed by atoms with Crippen LogP contribution in [0.15, 0.2) is 30.3 Å². The first-order valence-electron chi connectivity index (χ1n) is 6.24. The molecule has 2 aromatic carbocycles. The van der Waals surface area contributed by atoms with Crippen LogP contribution in [-0.2, 0) is 4.74 Å². The van der Waals surface area contributed by atoms with Crippen LogP contribution in [-0.4, -0.2) is 22.5 Å². The summed E-state index contributed by atoms with van der Waals surface area (Å²) in [6.45, 7) is 1.70. The van der Waals surface area contributed by atoms with E-state index < -0.39 is 21.6 Å². The summed E-state index contributed by atoms with van der Waals surface area (Å²) in [4.78, 5) is 32.4. The maximum absolute atomic E-state index is 11.4. The molecule has 0 saturated heterocycles. The first-order chi connectivity index (χ1) is 10.5. The summed E-state index contributed by atoms with van der Waals surface area (Å²) in [6, 6.07) is 6.58. The van der Waals surface area contributed by atoms with Crippen LogP contribution in [0.5, 0.6) is 0 Å². The monoisotopic (exact) mass is 305 g/mol. The molecule has 0 saturated carbocycles. The first kappa shape index (κ1) is 15.2. The van der Waals surface area contributed by atoms with Crippen molar-refractivity contribution in [3.05, 3.63) is 50.6 Å². The number of carbonyl (C=O) groups is 1. The number of anilines is 1. The Labute approximate surface area is 123 Å². The molecule has 0 aliphatic carbocycles. The molecule has 22 heavy (non-hydrogen) atoms. The lowest BCUT2D eigenvalue weighted by Crippen LogP contribution is -2.14. The van der Waals surface area contributed by atoms with Crippen molar-refractivity contribution in [3.8, 4) is 0 Å². The molecule has 0 aromatic heterocycles. The highest BCUT2D eigenvalue weighted by Gasteiger charge is 2.24. The smallest absolute Gasteiger partial charge is 0.411 e. The van der Waals surface area contributed by atoms with Crippen LogP contribution >= 0.6 is 0 Å². The highest BCUT2D eigenvalue weighted by Crippen LogP contribution is 2.37. The molecule has 0 fully saturated rings. The van der Waals surface area contributed by atoms with E-state index in [1.165, 1.54) is 30.3 Å². The summed E-state index contributed by atoms with van der Waals surface area (Å²) in [6.07, 6.45) is -0.838. The third-order valence-electron chi connectivity index (χ3n) is 2.90. The van der Waals surface area contributed by atoms with Gasteiger partial charge in [-0.2, -0.15) is 0 Å². The van der Waals surface area contributed by atoms with Crippen molar-refractivity contribution >= 4 is 33.9 Å². The average Bonchev–Trinajstić information content (AvgIpc) is 2.45. The number of non-ortho nitro benzene ring substituents is 1. The number of nitrogens with one attached hydrogen (secondary N) is 1. The Balaban J connectivity index is 2.65. The summed E-state index contributed by atoms with van der Waals surface area (Å²) in [7, 11) is 0. The van der Waals surface area contributed by atoms with Gasteiger partial charge in [0, 0.05) is 6.07 Å². The number of hydrogen-bond donors (Lipinski definition) is 1. The predicted octanol–water partition coefficient (Wildman–Crippen LogP) is 3.22. The zero-order valence-corrected chi connectivity index (χ0v) is 11.4. The Hall–Kier alpha value is -3.23. The molecule has 0 spiro atoms. The lowest BCUT2D eigenvalue weighted by molar-refractivity contribution is -0.384. The zero-order valence-electron chi connectivity index (χ0n) is 11.4. The molecule has 0 bridgehead atoms. The van der Waals surface area contributed by atoms with Crippen molar-refractivity contribution in [2.75, 3.05) is 11.9 Å². The molecule has 9 heteroatoms. The fourth-order valence-electron chi connectivity index (χ4n) is 2.06. The van der Waals surface area contributed by atoms with E-state index in [0.29, 0.717) is 0 Å². The fourth-order valence-corrected chi connectivity index (χ4v) is 2.06. The third-order valence-corrected chi connectivity index (χ3v) is 2.90. The number of nitro benzene ring substituents is 2. The minimum atomic E-state index is -0.838. The maximum Gasteiger partial charge on any atom is 0.411 e. The van der Waals surface area contributed by atoms with Gasteiger partial charge in [-0.1, -0.05) is 6.07 Å². The van der Waals surface area contributed by atoms with Crippen LogP contribution in [0.25, 0.3) is 10.8 Å². The van der Waals surface area contributed by atoms with Crippen molar-refractivity contribution < 1.29 is 19.4 Å². The predicted molar refractivity (Wildman–Crippen MR) is 77.9 cm³/mol. The Morgan fingerprint density at radius 1 is 1.14 bits per heavy atom. The minimum Gasteiger partial charge on any atom is -0.450 e. The SMILES string of the molecule is CCOC(=O)Nc1ccc2c([N+](=O)[O-])cccc2c1[N+](=O)[O-]. The van der Waals surface area contributed by atoms with Crippen molar-refractivity contribution in [2.45, 2.75) is 6.92 Å². The lowest BCUT2D eigenvalue weighted by atomic mass is 10.1. The molecule has 0 unspecified atom stereocenters. The van der Waals surface area contributed by atoms with Gasteiger partial charge < -0.3 is 4.74 Å². The molecular formula is C13H11N3O6. The molecule has 9 nitrogen and oxygen atoms in total. The minimum absolute atomic E-state index is 0.0634. The van der Waals surface area contributed by atoms with E-state index in [1.807, 2.05) is 0 Å². The van der Waals surface area contributed by atoms with Crippen LogP contribution in [0, 0.1) is 20.2 Å². The number of fused-ring (bicyclic) bond motifs is 1. The molecule has 2 aromatic rings. The van der Waals surface area contributed by atoms with Gasteiger partial charge in [-0.05, 0) is 25.1 Å². The second-order valence-corrected chi connectivity index (χ2v) is 4.19. The van der Waals surface area contributed by atoms with E-state index in [9.17, 15) is 25.0 Å². The number of rotatable bonds is 4. The molecule has 0 heterocycles. The number of benzene rings is 2. The highest BCUT2D eigenvalue weighted by molar-refractivity contribution is 6.03. The molecule has 0 aliphatic rings. The molecule has 2 rings (SSSR count). The van der Waals surface area contributed by atoms with Crippen LogP contribution in [0.4, 0.5) is 21.9 Å². The molecular weight excluding hydrogens is 294 g/mol. The number of ether oxygens (including phenoxy) is 1. The Morgan fingerprint density at radius 2 is 1.86 bits per heavy atom. The Morgan fingerprint density at radius 3 is 2.45 bits per heavy atom. The first-order valence-corrected chi connectivity index (χ1v) is 6.24. The number of hydrogen-bond acceptors (Lipinski definition) is 6. The summed E-state index contributed by atoms with van der Waals surface area (Å²) in [5.41, 5.74) is -0.756. The van der Waals surface area contributed by atoms with Crippen LogP contribution in [0.3, 0.4) is 0 Å². The molecule has 0 aliphatic heterocycles. The van der Waals surface area contributed by atoms with E-state index in [2.05, 4.69) is 10.1 Å². The normalized spacial score (nSPS) is 10.2. The van der Waals surface area contributed by atoms with Gasteiger partial charge in [0.15, 0.2) is 0 Å². The Bertz CT molecular complexity index is 774. The van der Waals surface area contributed by atoms with Crippen molar-refractivity contribution in [1.82, 2.24) is 0 Å². The van der Waals surface area contributed by atoms with Crippen molar-refractivity contribution in [1.29, 1.82) is 0 Å². The van der Waals surface area contributed by atoms with Gasteiger partial charge >= 0.3 is 11.8 Å². The number of carbonyl (C=O) groups excluding carboxylic acids is 1. The average molecular weight is 305 g/mol. The molecule has 114 valence electrons. The quantitative estimate of drug-likeness (QED) is 0.682. The van der Waals surface area contributed by atoms with Gasteiger partial charge in [0.25, 0.3) is 5.69 Å². The number of nitrogens with zero attached hydrogens (tertiary/aromatic N) is 2. The number of amides is 1. The van der Waals surface area contributed by atoms with E-state index in [0.717, 1.165) is 0 Å². The fraction of sp³-hybridized carbons (Fsp3) is 0.154. The second-order valence-electron chi connectivity index (χ2n) is 4.19. The second kappa shape index (κ2) is 6.04. The van der Waals surface area contributed by atoms with Crippen LogP contribution in [0.2, 0.25) is 0 Å². The van der Waals surface area contributed by atoms with Gasteiger partial charge in [-0.3, -0.25) is 25.5 Å². The van der Waals surface area contributed by atoms with Gasteiger partial charge in [-0.25, -0.2) is 4.79 Å². The van der Waals surface area contributed by atoms with Gasteiger partial charge in [0.05, 0.1) is 27.2 Å². The van der Waals surface area contributed by atoms with E-state index in [4.69, 9.17) is 0 Å². The summed E-state index contributed by atoms with van der Waals surface area (Å²) < 4.78 is 4.67. The van der Waals surface area contributed by atoms with Crippen LogP contribution < -0.4 is 5.32 Å². The van der Waals surface area contributed by atoms with E-state index in [1.54, 1.807) is 6.92 Å². The lowest BCUT2D eigenvalue weighted by Gasteiger charge is -2.08. The van der Waals surface area contributed by atoms with Gasteiger partial charge in [-0.15, -0.1) is 0 Å². The summed E-state index contributed by atoms with van der Waals surface area (Å²) >= 11 is 0. The maximum atomic E-state index is 11.4. The van der Waals surface area contributed by atoms with Gasteiger partial charge in [0.1, 0.15) is 5.69 Å². The largest absolute Gasteiger partial charge is 0.450 e. The van der Waals surface area contributed by atoms with Crippen molar-refractivity contribution in [2.24, 2.45) is 0 Å².